The summed E-state index contributed by atoms with van der Waals surface area (Å²) in [6.07, 6.45) is 0. The van der Waals surface area contributed by atoms with Crippen LogP contribution in [0.2, 0.25) is 0 Å². The molecule has 0 atom stereocenters. The van der Waals surface area contributed by atoms with Crippen LogP contribution in [0.4, 0.5) is 0 Å². The third-order valence-corrected chi connectivity index (χ3v) is 12.3. The first kappa shape index (κ1) is 33.7. The van der Waals surface area contributed by atoms with E-state index in [1.807, 2.05) is 30.3 Å². The number of hydrogen-bond acceptors (Lipinski definition) is 3. The average Bonchev–Trinajstić information content (AvgIpc) is 3.85. The lowest BCUT2D eigenvalue weighted by Crippen LogP contribution is -2.02. The van der Waals surface area contributed by atoms with Crippen LogP contribution in [0.5, 0.6) is 11.5 Å². The second kappa shape index (κ2) is 13.1. The van der Waals surface area contributed by atoms with E-state index in [9.17, 15) is 0 Å². The Bertz CT molecular complexity index is 3660. The van der Waals surface area contributed by atoms with Gasteiger partial charge in [-0.2, -0.15) is 0 Å². The van der Waals surface area contributed by atoms with Gasteiger partial charge >= 0.3 is 0 Å². The SMILES string of the molecule is c1ccc(-c2cc(-n3c4ccccc4c4c(-c5ccc6c7c8cccc9c8c(cc7n(-c7ccccc7)c6c5)-c5ccccc5O9)cccc43)nc(-c3ccccc3)n2)cc1. The molecule has 5 nitrogen and oxygen atoms in total. The molecule has 5 heteroatoms. The van der Waals surface area contributed by atoms with Crippen molar-refractivity contribution >= 4 is 54.4 Å². The number of ether oxygens (including phenoxy) is 1. The van der Waals surface area contributed by atoms with E-state index in [1.54, 1.807) is 0 Å². The molecule has 0 radical (unpaired) electrons. The topological polar surface area (TPSA) is 44.9 Å². The van der Waals surface area contributed by atoms with E-state index in [4.69, 9.17) is 14.7 Å². The molecule has 4 heterocycles. The number of nitrogens with zero attached hydrogens (tertiary/aromatic N) is 4. The van der Waals surface area contributed by atoms with Gasteiger partial charge in [0, 0.05) is 55.4 Å². The highest BCUT2D eigenvalue weighted by Gasteiger charge is 2.26. The van der Waals surface area contributed by atoms with Crippen molar-refractivity contribution in [2.45, 2.75) is 0 Å². The number of rotatable bonds is 5. The predicted octanol–water partition coefficient (Wildman–Crippen LogP) is 14.6. The van der Waals surface area contributed by atoms with Gasteiger partial charge in [0.2, 0.25) is 0 Å². The van der Waals surface area contributed by atoms with Crippen LogP contribution in [0.1, 0.15) is 0 Å². The Labute approximate surface area is 351 Å². The molecule has 0 bridgehead atoms. The zero-order chi connectivity index (χ0) is 40.0. The number of hydrogen-bond donors (Lipinski definition) is 0. The smallest absolute Gasteiger partial charge is 0.162 e. The maximum Gasteiger partial charge on any atom is 0.162 e. The van der Waals surface area contributed by atoms with Crippen LogP contribution in [0.3, 0.4) is 0 Å². The van der Waals surface area contributed by atoms with Crippen LogP contribution in [0, 0.1) is 0 Å². The Morgan fingerprint density at radius 2 is 1.00 bits per heavy atom. The van der Waals surface area contributed by atoms with Gasteiger partial charge in [0.1, 0.15) is 17.3 Å². The van der Waals surface area contributed by atoms with Crippen LogP contribution < -0.4 is 4.74 Å². The minimum Gasteiger partial charge on any atom is -0.456 e. The monoisotopic (exact) mass is 778 g/mol. The van der Waals surface area contributed by atoms with Crippen molar-refractivity contribution in [3.63, 3.8) is 0 Å². The van der Waals surface area contributed by atoms with Crippen LogP contribution in [0.25, 0.3) is 111 Å². The Morgan fingerprint density at radius 3 is 1.85 bits per heavy atom. The third kappa shape index (κ3) is 5.08. The summed E-state index contributed by atoms with van der Waals surface area (Å²) < 4.78 is 11.3. The maximum absolute atomic E-state index is 6.53. The molecule has 0 amide bonds. The predicted molar refractivity (Wildman–Crippen MR) is 250 cm³/mol. The molecule has 284 valence electrons. The number of para-hydroxylation sites is 3. The van der Waals surface area contributed by atoms with Crippen molar-refractivity contribution in [1.82, 2.24) is 19.1 Å². The minimum atomic E-state index is 0.687. The van der Waals surface area contributed by atoms with E-state index in [0.29, 0.717) is 5.82 Å². The normalized spacial score (nSPS) is 12.1. The van der Waals surface area contributed by atoms with Gasteiger partial charge in [-0.1, -0.05) is 152 Å². The first-order valence-corrected chi connectivity index (χ1v) is 20.7. The maximum atomic E-state index is 6.53. The van der Waals surface area contributed by atoms with Gasteiger partial charge in [0.05, 0.1) is 27.8 Å². The fraction of sp³-hybridized carbons (Fsp3) is 0. The van der Waals surface area contributed by atoms with E-state index in [2.05, 4.69) is 185 Å². The van der Waals surface area contributed by atoms with Crippen molar-refractivity contribution in [1.29, 1.82) is 0 Å². The molecule has 0 N–H and O–H groups in total. The molecule has 1 aliphatic rings. The van der Waals surface area contributed by atoms with Crippen molar-refractivity contribution in [3.05, 3.63) is 206 Å². The molecule has 13 rings (SSSR count). The van der Waals surface area contributed by atoms with Crippen LogP contribution in [-0.2, 0) is 0 Å². The summed E-state index contributed by atoms with van der Waals surface area (Å²) in [5, 5.41) is 7.10. The molecular weight excluding hydrogens is 745 g/mol. The van der Waals surface area contributed by atoms with Crippen LogP contribution in [-0.4, -0.2) is 19.1 Å². The van der Waals surface area contributed by atoms with E-state index >= 15 is 0 Å². The molecule has 9 aromatic carbocycles. The first-order chi connectivity index (χ1) is 30.3. The molecule has 0 aliphatic carbocycles. The largest absolute Gasteiger partial charge is 0.456 e. The highest BCUT2D eigenvalue weighted by Crippen LogP contribution is 2.51. The first-order valence-electron chi connectivity index (χ1n) is 20.7. The van der Waals surface area contributed by atoms with E-state index in [-0.39, 0.29) is 0 Å². The molecule has 0 saturated heterocycles. The zero-order valence-electron chi connectivity index (χ0n) is 32.8. The average molecular weight is 779 g/mol. The van der Waals surface area contributed by atoms with E-state index in [0.717, 1.165) is 89.4 Å². The second-order valence-electron chi connectivity index (χ2n) is 15.7. The van der Waals surface area contributed by atoms with Gasteiger partial charge in [-0.15, -0.1) is 0 Å². The Hall–Kier alpha value is -8.28. The molecule has 1 aliphatic heterocycles. The van der Waals surface area contributed by atoms with Crippen LogP contribution in [0.15, 0.2) is 206 Å². The second-order valence-corrected chi connectivity index (χ2v) is 15.7. The molecule has 61 heavy (non-hydrogen) atoms. The third-order valence-electron chi connectivity index (χ3n) is 12.3. The zero-order valence-corrected chi connectivity index (χ0v) is 32.8. The Kier molecular flexibility index (Phi) is 7.24. The van der Waals surface area contributed by atoms with Gasteiger partial charge < -0.3 is 9.30 Å². The summed E-state index contributed by atoms with van der Waals surface area (Å²) in [6.45, 7) is 0. The summed E-state index contributed by atoms with van der Waals surface area (Å²) in [5.74, 6) is 3.28. The van der Waals surface area contributed by atoms with Crippen molar-refractivity contribution in [2.24, 2.45) is 0 Å². The van der Waals surface area contributed by atoms with Crippen LogP contribution >= 0.6 is 0 Å². The quantitative estimate of drug-likeness (QED) is 0.175. The molecule has 0 unspecified atom stereocenters. The summed E-state index contributed by atoms with van der Waals surface area (Å²) in [7, 11) is 0. The van der Waals surface area contributed by atoms with E-state index in [1.165, 1.54) is 27.1 Å². The summed E-state index contributed by atoms with van der Waals surface area (Å²) >= 11 is 0. The summed E-state index contributed by atoms with van der Waals surface area (Å²) in [6, 6.07) is 73.0. The summed E-state index contributed by atoms with van der Waals surface area (Å²) in [5.41, 5.74) is 13.1. The Morgan fingerprint density at radius 1 is 0.344 bits per heavy atom. The van der Waals surface area contributed by atoms with Gasteiger partial charge in [0.25, 0.3) is 0 Å². The Balaban J connectivity index is 1.08. The molecule has 3 aromatic heterocycles. The lowest BCUT2D eigenvalue weighted by molar-refractivity contribution is 0.487. The van der Waals surface area contributed by atoms with Gasteiger partial charge in [0.15, 0.2) is 5.82 Å². The van der Waals surface area contributed by atoms with Crippen molar-refractivity contribution < 1.29 is 4.74 Å². The number of benzene rings is 9. The van der Waals surface area contributed by atoms with Gasteiger partial charge in [-0.3, -0.25) is 4.57 Å². The lowest BCUT2D eigenvalue weighted by atomic mass is 9.92. The number of fused-ring (bicyclic) bond motifs is 9. The van der Waals surface area contributed by atoms with Crippen molar-refractivity contribution in [3.8, 4) is 67.9 Å². The minimum absolute atomic E-state index is 0.687. The fourth-order valence-corrected chi connectivity index (χ4v) is 9.70. The highest BCUT2D eigenvalue weighted by atomic mass is 16.5. The number of aromatic nitrogens is 4. The standard InChI is InChI=1S/C56H34N4O/c1-4-16-35(17-5-1)45-34-52(58-56(57-45)36-18-6-2-7-19-36)60-46-26-12-10-23-41(46)53-39(24-14-27-47(53)60)37-30-31-42-48(32-37)59(38-20-8-3-9-21-38)49-33-44-40-22-11-13-28-50(40)61-51-29-15-25-43(54(42)49)55(44)51/h1-34H. The summed E-state index contributed by atoms with van der Waals surface area (Å²) in [4.78, 5) is 10.4. The molecule has 0 spiro atoms. The molecular formula is C56H34N4O. The molecule has 12 aromatic rings. The van der Waals surface area contributed by atoms with E-state index < -0.39 is 0 Å². The highest BCUT2D eigenvalue weighted by molar-refractivity contribution is 6.26. The fourth-order valence-electron chi connectivity index (χ4n) is 9.70. The lowest BCUT2D eigenvalue weighted by Gasteiger charge is -2.22. The van der Waals surface area contributed by atoms with Gasteiger partial charge in [-0.25, -0.2) is 9.97 Å². The molecule has 0 saturated carbocycles. The van der Waals surface area contributed by atoms with Gasteiger partial charge in [-0.05, 0) is 70.6 Å². The van der Waals surface area contributed by atoms with Crippen molar-refractivity contribution in [2.75, 3.05) is 0 Å². The molecule has 0 fully saturated rings.